The number of nitrogens with zero attached hydrogens (tertiary/aromatic N) is 2. The molecule has 0 aliphatic carbocycles. The number of nitrogens with one attached hydrogen (secondary N) is 2. The SMILES string of the molecule is C/C(=N/NC(=O)CCN1C(=O)NC(C)(C)C1=O)c1ccc(Cl)c(Cl)c1. The highest BCUT2D eigenvalue weighted by Gasteiger charge is 2.43. The monoisotopic (exact) mass is 384 g/mol. The van der Waals surface area contributed by atoms with Crippen molar-refractivity contribution in [1.29, 1.82) is 0 Å². The van der Waals surface area contributed by atoms with Crippen molar-refractivity contribution in [2.75, 3.05) is 6.54 Å². The Morgan fingerprint density at radius 3 is 2.52 bits per heavy atom. The van der Waals surface area contributed by atoms with E-state index in [1.54, 1.807) is 39.0 Å². The minimum absolute atomic E-state index is 0.0126. The first-order chi connectivity index (χ1) is 11.6. The van der Waals surface area contributed by atoms with Gasteiger partial charge in [-0.3, -0.25) is 14.5 Å². The van der Waals surface area contributed by atoms with E-state index >= 15 is 0 Å². The molecule has 4 amide bonds. The van der Waals surface area contributed by atoms with Gasteiger partial charge in [0.1, 0.15) is 5.54 Å². The second-order valence-electron chi connectivity index (χ2n) is 6.12. The Bertz CT molecular complexity index is 762. The van der Waals surface area contributed by atoms with Gasteiger partial charge >= 0.3 is 6.03 Å². The Morgan fingerprint density at radius 1 is 1.28 bits per heavy atom. The Balaban J connectivity index is 1.91. The van der Waals surface area contributed by atoms with E-state index in [1.807, 2.05) is 0 Å². The van der Waals surface area contributed by atoms with Gasteiger partial charge in [-0.2, -0.15) is 5.10 Å². The molecule has 0 unspecified atom stereocenters. The quantitative estimate of drug-likeness (QED) is 0.464. The van der Waals surface area contributed by atoms with Crippen molar-refractivity contribution in [3.8, 4) is 0 Å². The largest absolute Gasteiger partial charge is 0.325 e. The van der Waals surface area contributed by atoms with Crippen LogP contribution in [0.1, 0.15) is 32.8 Å². The molecule has 1 aliphatic heterocycles. The molecule has 0 radical (unpaired) electrons. The van der Waals surface area contributed by atoms with Crippen molar-refractivity contribution >= 4 is 46.8 Å². The molecule has 1 aromatic carbocycles. The maximum atomic E-state index is 12.0. The number of benzene rings is 1. The van der Waals surface area contributed by atoms with Crippen LogP contribution in [-0.2, 0) is 9.59 Å². The summed E-state index contributed by atoms with van der Waals surface area (Å²) in [5.41, 5.74) is 2.70. The summed E-state index contributed by atoms with van der Waals surface area (Å²) in [6.07, 6.45) is -0.0482. The van der Waals surface area contributed by atoms with Gasteiger partial charge in [-0.05, 0) is 38.5 Å². The zero-order valence-electron chi connectivity index (χ0n) is 14.0. The molecule has 134 valence electrons. The highest BCUT2D eigenvalue weighted by atomic mass is 35.5. The van der Waals surface area contributed by atoms with E-state index in [-0.39, 0.29) is 18.9 Å². The maximum Gasteiger partial charge on any atom is 0.325 e. The zero-order valence-corrected chi connectivity index (χ0v) is 15.5. The van der Waals surface area contributed by atoms with Crippen LogP contribution in [0.2, 0.25) is 10.0 Å². The van der Waals surface area contributed by atoms with Gasteiger partial charge in [0.15, 0.2) is 0 Å². The van der Waals surface area contributed by atoms with Gasteiger partial charge in [-0.25, -0.2) is 10.2 Å². The van der Waals surface area contributed by atoms with Crippen molar-refractivity contribution < 1.29 is 14.4 Å². The Labute approximate surface area is 155 Å². The molecule has 0 atom stereocenters. The second kappa shape index (κ2) is 7.41. The summed E-state index contributed by atoms with van der Waals surface area (Å²) in [5.74, 6) is -0.773. The number of carbonyl (C=O) groups excluding carboxylic acids is 3. The summed E-state index contributed by atoms with van der Waals surface area (Å²) in [6.45, 7) is 4.91. The van der Waals surface area contributed by atoms with Crippen LogP contribution in [0.5, 0.6) is 0 Å². The van der Waals surface area contributed by atoms with Crippen LogP contribution in [0.25, 0.3) is 0 Å². The molecule has 7 nitrogen and oxygen atoms in total. The highest BCUT2D eigenvalue weighted by Crippen LogP contribution is 2.22. The van der Waals surface area contributed by atoms with Crippen molar-refractivity contribution in [3.05, 3.63) is 33.8 Å². The molecule has 25 heavy (non-hydrogen) atoms. The van der Waals surface area contributed by atoms with Crippen molar-refractivity contribution in [3.63, 3.8) is 0 Å². The van der Waals surface area contributed by atoms with Crippen LogP contribution in [0.3, 0.4) is 0 Å². The molecule has 0 bridgehead atoms. The average Bonchev–Trinajstić information content (AvgIpc) is 2.73. The minimum atomic E-state index is -0.948. The van der Waals surface area contributed by atoms with E-state index in [2.05, 4.69) is 15.8 Å². The smallest absolute Gasteiger partial charge is 0.324 e. The van der Waals surface area contributed by atoms with Crippen LogP contribution >= 0.6 is 23.2 Å². The molecule has 1 heterocycles. The summed E-state index contributed by atoms with van der Waals surface area (Å²) >= 11 is 11.8. The van der Waals surface area contributed by atoms with Gasteiger partial charge in [0.05, 0.1) is 15.8 Å². The number of rotatable bonds is 5. The fourth-order valence-electron chi connectivity index (χ4n) is 2.22. The van der Waals surface area contributed by atoms with Crippen LogP contribution in [0.15, 0.2) is 23.3 Å². The summed E-state index contributed by atoms with van der Waals surface area (Å²) in [5, 5.41) is 7.36. The highest BCUT2D eigenvalue weighted by molar-refractivity contribution is 6.42. The number of imide groups is 1. The maximum absolute atomic E-state index is 12.0. The normalized spacial score (nSPS) is 16.8. The molecule has 2 N–H and O–H groups in total. The number of hydrazone groups is 1. The summed E-state index contributed by atoms with van der Waals surface area (Å²) in [7, 11) is 0. The van der Waals surface area contributed by atoms with Crippen molar-refractivity contribution in [2.24, 2.45) is 5.10 Å². The van der Waals surface area contributed by atoms with Gasteiger partial charge in [0, 0.05) is 13.0 Å². The standard InChI is InChI=1S/C16H18Cl2N4O3/c1-9(10-4-5-11(17)12(18)8-10)20-21-13(23)6-7-22-14(24)16(2,3)19-15(22)25/h4-5,8H,6-7H2,1-3H3,(H,19,25)(H,21,23)/b20-9-. The lowest BCUT2D eigenvalue weighted by atomic mass is 10.1. The van der Waals surface area contributed by atoms with Crippen LogP contribution in [0, 0.1) is 0 Å². The summed E-state index contributed by atoms with van der Waals surface area (Å²) < 4.78 is 0. The summed E-state index contributed by atoms with van der Waals surface area (Å²) in [4.78, 5) is 36.7. The third kappa shape index (κ3) is 4.49. The van der Waals surface area contributed by atoms with Crippen molar-refractivity contribution in [2.45, 2.75) is 32.7 Å². The lowest BCUT2D eigenvalue weighted by molar-refractivity contribution is -0.130. The van der Waals surface area contributed by atoms with E-state index in [9.17, 15) is 14.4 Å². The van der Waals surface area contributed by atoms with Gasteiger partial charge in [-0.1, -0.05) is 29.3 Å². The lowest BCUT2D eigenvalue weighted by Crippen LogP contribution is -2.40. The third-order valence-electron chi connectivity index (χ3n) is 3.69. The number of amides is 4. The average molecular weight is 385 g/mol. The van der Waals surface area contributed by atoms with Crippen LogP contribution in [-0.4, -0.2) is 40.5 Å². The number of carbonyl (C=O) groups is 3. The number of hydrogen-bond donors (Lipinski definition) is 2. The first-order valence-corrected chi connectivity index (χ1v) is 8.30. The molecular weight excluding hydrogens is 367 g/mol. The van der Waals surface area contributed by atoms with E-state index in [4.69, 9.17) is 23.2 Å². The molecule has 1 saturated heterocycles. The Morgan fingerprint density at radius 2 is 1.96 bits per heavy atom. The fraction of sp³-hybridized carbons (Fsp3) is 0.375. The van der Waals surface area contributed by atoms with E-state index in [0.717, 1.165) is 4.90 Å². The fourth-order valence-corrected chi connectivity index (χ4v) is 2.52. The number of hydrogen-bond acceptors (Lipinski definition) is 4. The van der Waals surface area contributed by atoms with E-state index in [0.29, 0.717) is 21.3 Å². The molecule has 1 fully saturated rings. The van der Waals surface area contributed by atoms with Crippen molar-refractivity contribution in [1.82, 2.24) is 15.6 Å². The first-order valence-electron chi connectivity index (χ1n) is 7.54. The molecule has 9 heteroatoms. The second-order valence-corrected chi connectivity index (χ2v) is 6.94. The topological polar surface area (TPSA) is 90.9 Å². The number of urea groups is 1. The predicted molar refractivity (Wildman–Crippen MR) is 95.8 cm³/mol. The van der Waals surface area contributed by atoms with Gasteiger partial charge in [-0.15, -0.1) is 0 Å². The van der Waals surface area contributed by atoms with Gasteiger partial charge in [0.25, 0.3) is 5.91 Å². The Kier molecular flexibility index (Phi) is 5.69. The molecule has 0 spiro atoms. The van der Waals surface area contributed by atoms with Gasteiger partial charge in [0.2, 0.25) is 5.91 Å². The molecule has 2 rings (SSSR count). The third-order valence-corrected chi connectivity index (χ3v) is 4.43. The molecular formula is C16H18Cl2N4O3. The Hall–Kier alpha value is -2.12. The first kappa shape index (κ1) is 19.2. The predicted octanol–water partition coefficient (Wildman–Crippen LogP) is 2.55. The minimum Gasteiger partial charge on any atom is -0.324 e. The van der Waals surface area contributed by atoms with E-state index < -0.39 is 17.5 Å². The van der Waals surface area contributed by atoms with Crippen LogP contribution in [0.4, 0.5) is 4.79 Å². The molecule has 0 saturated carbocycles. The lowest BCUT2D eigenvalue weighted by Gasteiger charge is -2.15. The summed E-state index contributed by atoms with van der Waals surface area (Å²) in [6, 6.07) is 4.51. The van der Waals surface area contributed by atoms with E-state index in [1.165, 1.54) is 0 Å². The van der Waals surface area contributed by atoms with Crippen LogP contribution < -0.4 is 10.7 Å². The molecule has 1 aliphatic rings. The number of halogens is 2. The molecule has 1 aromatic rings. The molecule has 0 aromatic heterocycles. The van der Waals surface area contributed by atoms with Gasteiger partial charge < -0.3 is 5.32 Å². The zero-order chi connectivity index (χ0) is 18.8.